The number of nitrogens with two attached hydrogens (primary N) is 1. The molecule has 0 bridgehead atoms. The van der Waals surface area contributed by atoms with Crippen LogP contribution in [0.25, 0.3) is 0 Å². The molecule has 0 spiro atoms. The first-order valence-corrected chi connectivity index (χ1v) is 5.79. The first kappa shape index (κ1) is 11.6. The maximum Gasteiger partial charge on any atom is 0.123 e. The lowest BCUT2D eigenvalue weighted by Gasteiger charge is -2.20. The van der Waals surface area contributed by atoms with Crippen molar-refractivity contribution in [3.8, 4) is 0 Å². The number of likely N-dealkylation sites (N-methyl/N-ethyl adjacent to an activating group) is 1. The minimum Gasteiger partial charge on any atom is -0.324 e. The van der Waals surface area contributed by atoms with Gasteiger partial charge in [0.25, 0.3) is 0 Å². The zero-order chi connectivity index (χ0) is 11.6. The molecule has 1 aliphatic carbocycles. The Bertz CT molecular complexity index is 343. The zero-order valence-electron chi connectivity index (χ0n) is 9.75. The van der Waals surface area contributed by atoms with Crippen molar-refractivity contribution in [1.29, 1.82) is 0 Å². The van der Waals surface area contributed by atoms with Crippen LogP contribution < -0.4 is 5.73 Å². The predicted molar refractivity (Wildman–Crippen MR) is 63.8 cm³/mol. The Hall–Kier alpha value is -0.930. The molecule has 0 amide bonds. The number of benzene rings is 1. The summed E-state index contributed by atoms with van der Waals surface area (Å²) in [5.41, 5.74) is 7.30. The summed E-state index contributed by atoms with van der Waals surface area (Å²) in [6.07, 6.45) is 3.24. The van der Waals surface area contributed by atoms with Crippen molar-refractivity contribution >= 4 is 0 Å². The van der Waals surface area contributed by atoms with Crippen molar-refractivity contribution < 1.29 is 4.39 Å². The topological polar surface area (TPSA) is 29.3 Å². The molecule has 1 fully saturated rings. The molecule has 2 rings (SSSR count). The SMILES string of the molecule is CN(CCc1ccc(F)cc1)CC1(N)CC1. The van der Waals surface area contributed by atoms with Crippen LogP contribution in [0.1, 0.15) is 18.4 Å². The van der Waals surface area contributed by atoms with Gasteiger partial charge in [-0.15, -0.1) is 0 Å². The molecule has 1 aliphatic rings. The van der Waals surface area contributed by atoms with Gasteiger partial charge in [-0.1, -0.05) is 12.1 Å². The molecule has 2 nitrogen and oxygen atoms in total. The van der Waals surface area contributed by atoms with Crippen LogP contribution in [0.3, 0.4) is 0 Å². The highest BCUT2D eigenvalue weighted by molar-refractivity contribution is 5.16. The van der Waals surface area contributed by atoms with Gasteiger partial charge in [0, 0.05) is 18.6 Å². The van der Waals surface area contributed by atoms with E-state index in [-0.39, 0.29) is 11.4 Å². The van der Waals surface area contributed by atoms with E-state index in [4.69, 9.17) is 5.73 Å². The van der Waals surface area contributed by atoms with Crippen LogP contribution in [-0.4, -0.2) is 30.6 Å². The molecule has 2 N–H and O–H groups in total. The van der Waals surface area contributed by atoms with Crippen molar-refractivity contribution in [1.82, 2.24) is 4.90 Å². The third-order valence-electron chi connectivity index (χ3n) is 3.17. The van der Waals surface area contributed by atoms with Crippen LogP contribution in [0, 0.1) is 5.82 Å². The molecule has 0 aromatic heterocycles. The summed E-state index contributed by atoms with van der Waals surface area (Å²) < 4.78 is 12.7. The molecule has 1 aromatic carbocycles. The van der Waals surface area contributed by atoms with Crippen LogP contribution in [0.4, 0.5) is 4.39 Å². The molecule has 0 radical (unpaired) electrons. The number of nitrogens with zero attached hydrogens (tertiary/aromatic N) is 1. The van der Waals surface area contributed by atoms with Gasteiger partial charge in [-0.2, -0.15) is 0 Å². The monoisotopic (exact) mass is 222 g/mol. The summed E-state index contributed by atoms with van der Waals surface area (Å²) in [7, 11) is 2.09. The lowest BCUT2D eigenvalue weighted by atomic mass is 10.1. The third kappa shape index (κ3) is 3.29. The van der Waals surface area contributed by atoms with E-state index in [0.29, 0.717) is 0 Å². The highest BCUT2D eigenvalue weighted by Crippen LogP contribution is 2.32. The van der Waals surface area contributed by atoms with E-state index in [0.717, 1.165) is 32.4 Å². The van der Waals surface area contributed by atoms with Gasteiger partial charge in [-0.25, -0.2) is 4.39 Å². The molecule has 1 aromatic rings. The molecule has 1 saturated carbocycles. The van der Waals surface area contributed by atoms with Crippen LogP contribution in [0.2, 0.25) is 0 Å². The lowest BCUT2D eigenvalue weighted by Crippen LogP contribution is -2.38. The number of hydrogen-bond acceptors (Lipinski definition) is 2. The van der Waals surface area contributed by atoms with Gasteiger partial charge in [0.1, 0.15) is 5.82 Å². The molecule has 16 heavy (non-hydrogen) atoms. The summed E-state index contributed by atoms with van der Waals surface area (Å²) >= 11 is 0. The second-order valence-electron chi connectivity index (χ2n) is 4.98. The molecule has 0 heterocycles. The Balaban J connectivity index is 1.76. The molecular weight excluding hydrogens is 203 g/mol. The Morgan fingerprint density at radius 1 is 1.31 bits per heavy atom. The number of rotatable bonds is 5. The van der Waals surface area contributed by atoms with E-state index in [9.17, 15) is 4.39 Å². The van der Waals surface area contributed by atoms with Gasteiger partial charge >= 0.3 is 0 Å². The van der Waals surface area contributed by atoms with Crippen molar-refractivity contribution in [3.05, 3.63) is 35.6 Å². The highest BCUT2D eigenvalue weighted by Gasteiger charge is 2.38. The van der Waals surface area contributed by atoms with Gasteiger partial charge in [0.05, 0.1) is 0 Å². The van der Waals surface area contributed by atoms with E-state index < -0.39 is 0 Å². The Kier molecular flexibility index (Phi) is 3.26. The Morgan fingerprint density at radius 3 is 2.50 bits per heavy atom. The summed E-state index contributed by atoms with van der Waals surface area (Å²) in [4.78, 5) is 2.26. The smallest absolute Gasteiger partial charge is 0.123 e. The number of halogens is 1. The number of hydrogen-bond donors (Lipinski definition) is 1. The minimum absolute atomic E-state index is 0.0809. The van der Waals surface area contributed by atoms with Gasteiger partial charge < -0.3 is 10.6 Å². The highest BCUT2D eigenvalue weighted by atomic mass is 19.1. The summed E-state index contributed by atoms with van der Waals surface area (Å²) in [5.74, 6) is -0.170. The largest absolute Gasteiger partial charge is 0.324 e. The molecule has 88 valence electrons. The van der Waals surface area contributed by atoms with Crippen LogP contribution >= 0.6 is 0 Å². The van der Waals surface area contributed by atoms with Crippen molar-refractivity contribution in [2.24, 2.45) is 5.73 Å². The van der Waals surface area contributed by atoms with E-state index in [2.05, 4.69) is 11.9 Å². The zero-order valence-corrected chi connectivity index (χ0v) is 9.75. The predicted octanol–water partition coefficient (Wildman–Crippen LogP) is 1.79. The Labute approximate surface area is 96.2 Å². The third-order valence-corrected chi connectivity index (χ3v) is 3.17. The van der Waals surface area contributed by atoms with Gasteiger partial charge in [-0.3, -0.25) is 0 Å². The van der Waals surface area contributed by atoms with Crippen molar-refractivity contribution in [3.63, 3.8) is 0 Å². The summed E-state index contributed by atoms with van der Waals surface area (Å²) in [6, 6.07) is 6.72. The lowest BCUT2D eigenvalue weighted by molar-refractivity contribution is 0.306. The van der Waals surface area contributed by atoms with E-state index >= 15 is 0 Å². The first-order chi connectivity index (χ1) is 7.57. The maximum absolute atomic E-state index is 12.7. The second-order valence-corrected chi connectivity index (χ2v) is 4.98. The quantitative estimate of drug-likeness (QED) is 0.823. The molecule has 0 unspecified atom stereocenters. The van der Waals surface area contributed by atoms with E-state index in [1.54, 1.807) is 0 Å². The van der Waals surface area contributed by atoms with Gasteiger partial charge in [-0.05, 0) is 44.0 Å². The fourth-order valence-corrected chi connectivity index (χ4v) is 1.91. The second kappa shape index (κ2) is 4.52. The van der Waals surface area contributed by atoms with Gasteiger partial charge in [0.2, 0.25) is 0 Å². The van der Waals surface area contributed by atoms with E-state index in [1.165, 1.54) is 17.7 Å². The van der Waals surface area contributed by atoms with Crippen LogP contribution in [0.15, 0.2) is 24.3 Å². The van der Waals surface area contributed by atoms with Crippen molar-refractivity contribution in [2.75, 3.05) is 20.1 Å². The Morgan fingerprint density at radius 2 is 1.94 bits per heavy atom. The summed E-state index contributed by atoms with van der Waals surface area (Å²) in [5, 5.41) is 0. The fraction of sp³-hybridized carbons (Fsp3) is 0.538. The summed E-state index contributed by atoms with van der Waals surface area (Å²) in [6.45, 7) is 1.94. The van der Waals surface area contributed by atoms with Gasteiger partial charge in [0.15, 0.2) is 0 Å². The minimum atomic E-state index is -0.170. The molecular formula is C13H19FN2. The standard InChI is InChI=1S/C13H19FN2/c1-16(10-13(15)7-8-13)9-6-11-2-4-12(14)5-3-11/h2-5H,6-10,15H2,1H3. The molecule has 3 heteroatoms. The van der Waals surface area contributed by atoms with Crippen LogP contribution in [-0.2, 0) is 6.42 Å². The van der Waals surface area contributed by atoms with Crippen LogP contribution in [0.5, 0.6) is 0 Å². The first-order valence-electron chi connectivity index (χ1n) is 5.79. The van der Waals surface area contributed by atoms with Crippen molar-refractivity contribution in [2.45, 2.75) is 24.8 Å². The molecule has 0 atom stereocenters. The average molecular weight is 222 g/mol. The average Bonchev–Trinajstić information content (AvgIpc) is 2.95. The molecule has 0 saturated heterocycles. The normalized spacial score (nSPS) is 17.8. The van der Waals surface area contributed by atoms with E-state index in [1.807, 2.05) is 12.1 Å². The maximum atomic E-state index is 12.7. The fourth-order valence-electron chi connectivity index (χ4n) is 1.91. The molecule has 0 aliphatic heterocycles.